The number of carbonyl (C=O) groups is 3. The van der Waals surface area contributed by atoms with Crippen molar-refractivity contribution in [2.24, 2.45) is 5.92 Å². The molecule has 0 aliphatic heterocycles. The number of carbonyl (C=O) groups excluding carboxylic acids is 3. The molecule has 0 saturated carbocycles. The van der Waals surface area contributed by atoms with Gasteiger partial charge in [-0.2, -0.15) is 0 Å². The first kappa shape index (κ1) is 58.3. The van der Waals surface area contributed by atoms with Crippen molar-refractivity contribution in [2.45, 2.75) is 226 Å². The molecule has 5 rings (SSSR count). The third kappa shape index (κ3) is 20.0. The largest absolute Gasteiger partial charge is 0.507 e. The van der Waals surface area contributed by atoms with Crippen LogP contribution in [0.2, 0.25) is 0 Å². The molecule has 0 saturated heterocycles. The lowest BCUT2D eigenvalue weighted by Gasteiger charge is -2.20. The Morgan fingerprint density at radius 2 is 0.901 bits per heavy atom. The Hall–Kier alpha value is -3.59. The highest BCUT2D eigenvalue weighted by Gasteiger charge is 2.36. The number of ether oxygens (including phenoxy) is 1. The van der Waals surface area contributed by atoms with E-state index in [2.05, 4.69) is 57.8 Å². The van der Waals surface area contributed by atoms with Gasteiger partial charge < -0.3 is 9.84 Å². The summed E-state index contributed by atoms with van der Waals surface area (Å²) in [5, 5.41) is 12.6. The van der Waals surface area contributed by atoms with Gasteiger partial charge in [0.2, 0.25) is 5.78 Å². The summed E-state index contributed by atoms with van der Waals surface area (Å²) in [4.78, 5) is 40.8. The third-order valence-electron chi connectivity index (χ3n) is 14.8. The van der Waals surface area contributed by atoms with E-state index in [0.29, 0.717) is 16.8 Å². The quantitative estimate of drug-likeness (QED) is 0.0178. The van der Waals surface area contributed by atoms with Crippen molar-refractivity contribution in [2.75, 3.05) is 0 Å². The van der Waals surface area contributed by atoms with Crippen LogP contribution < -0.4 is 5.32 Å². The van der Waals surface area contributed by atoms with Crippen molar-refractivity contribution in [3.8, 4) is 16.9 Å². The molecule has 0 heterocycles. The summed E-state index contributed by atoms with van der Waals surface area (Å²) in [5.41, 5.74) is 5.16. The molecule has 1 unspecified atom stereocenters. The highest BCUT2D eigenvalue weighted by atomic mass is 79.9. The molecule has 0 spiro atoms. The van der Waals surface area contributed by atoms with Crippen LogP contribution in [0.5, 0.6) is 5.75 Å². The van der Waals surface area contributed by atoms with E-state index < -0.39 is 0 Å². The van der Waals surface area contributed by atoms with Crippen molar-refractivity contribution >= 4 is 60.8 Å². The number of esters is 1. The molecule has 8 heteroatoms. The van der Waals surface area contributed by atoms with Gasteiger partial charge in [0.25, 0.3) is 0 Å². The van der Waals surface area contributed by atoms with Gasteiger partial charge in [-0.1, -0.05) is 255 Å². The van der Waals surface area contributed by atoms with E-state index in [-0.39, 0.29) is 46.9 Å². The van der Waals surface area contributed by atoms with E-state index in [1.807, 2.05) is 29.6 Å². The Morgan fingerprint density at radius 1 is 0.507 bits per heavy atom. The van der Waals surface area contributed by atoms with Crippen LogP contribution in [0.25, 0.3) is 11.1 Å². The Morgan fingerprint density at radius 3 is 1.32 bits per heavy atom. The average Bonchev–Trinajstić information content (AvgIpc) is 3.38. The number of nitrogens with two attached hydrogens (primary N) is 1. The minimum atomic E-state index is -0.361. The fourth-order valence-electron chi connectivity index (χ4n) is 10.4. The molecule has 0 aromatic heterocycles. The first-order valence-corrected chi connectivity index (χ1v) is 30.0. The van der Waals surface area contributed by atoms with Crippen molar-refractivity contribution in [1.29, 1.82) is 0 Å². The minimum absolute atomic E-state index is 0.0352. The maximum Gasteiger partial charge on any atom is 0.309 e. The molecular weight excluding hydrogens is 1010 g/mol. The fourth-order valence-corrected chi connectivity index (χ4v) is 11.8. The number of phenols is 1. The molecule has 0 fully saturated rings. The Kier molecular flexibility index (Phi) is 27.9. The monoisotopic (exact) mass is 1100 g/mol. The van der Waals surface area contributed by atoms with E-state index in [1.165, 1.54) is 186 Å². The van der Waals surface area contributed by atoms with Gasteiger partial charge in [0.15, 0.2) is 11.5 Å². The lowest BCUT2D eigenvalue weighted by Crippen LogP contribution is -2.72. The molecule has 1 aliphatic rings. The van der Waals surface area contributed by atoms with Gasteiger partial charge in [0.1, 0.15) is 18.0 Å². The van der Waals surface area contributed by atoms with Gasteiger partial charge in [-0.15, -0.1) is 0 Å². The summed E-state index contributed by atoms with van der Waals surface area (Å²) >= 11 is 7.54. The maximum atomic E-state index is 13.7. The van der Waals surface area contributed by atoms with E-state index >= 15 is 0 Å². The van der Waals surface area contributed by atoms with E-state index in [1.54, 1.807) is 30.3 Å². The smallest absolute Gasteiger partial charge is 0.309 e. The van der Waals surface area contributed by atoms with E-state index in [0.717, 1.165) is 57.0 Å². The molecule has 6 nitrogen and oxygen atoms in total. The van der Waals surface area contributed by atoms with Crippen LogP contribution >= 0.6 is 31.9 Å². The number of benzene rings is 4. The van der Waals surface area contributed by atoms with Crippen LogP contribution in [-0.4, -0.2) is 22.6 Å². The third-order valence-corrected chi connectivity index (χ3v) is 16.1. The molecule has 388 valence electrons. The first-order valence-electron chi connectivity index (χ1n) is 28.4. The molecule has 1 aliphatic carbocycles. The van der Waals surface area contributed by atoms with Crippen molar-refractivity contribution in [3.63, 3.8) is 0 Å². The summed E-state index contributed by atoms with van der Waals surface area (Å²) in [6.45, 7) is 4.83. The number of ketones is 2. The number of unbranched alkanes of at least 4 members (excludes halogenated alkanes) is 28. The van der Waals surface area contributed by atoms with Crippen LogP contribution in [-0.2, 0) is 16.1 Å². The molecule has 4 aromatic rings. The average molecular weight is 1100 g/mol. The van der Waals surface area contributed by atoms with Gasteiger partial charge in [-0.3, -0.25) is 19.7 Å². The number of quaternary nitrogens is 1. The fraction of sp³-hybridized carbons (Fsp3) is 0.571. The van der Waals surface area contributed by atoms with Crippen LogP contribution in [0.4, 0.5) is 11.4 Å². The van der Waals surface area contributed by atoms with Crippen molar-refractivity contribution in [1.82, 2.24) is 0 Å². The molecule has 71 heavy (non-hydrogen) atoms. The second-order valence-corrected chi connectivity index (χ2v) is 22.3. The van der Waals surface area contributed by atoms with Crippen LogP contribution in [0, 0.1) is 5.92 Å². The molecule has 1 atom stereocenters. The van der Waals surface area contributed by atoms with Gasteiger partial charge in [0.05, 0.1) is 26.0 Å². The second-order valence-electron chi connectivity index (χ2n) is 20.6. The highest BCUT2D eigenvalue weighted by Crippen LogP contribution is 2.38. The van der Waals surface area contributed by atoms with Crippen molar-refractivity contribution in [3.05, 3.63) is 110 Å². The molecule has 4 aromatic carbocycles. The number of hydrogen-bond donors (Lipinski definition) is 2. The zero-order valence-corrected chi connectivity index (χ0v) is 46.9. The normalized spacial score (nSPS) is 12.6. The Balaban J connectivity index is 1.07. The Bertz CT molecular complexity index is 2180. The van der Waals surface area contributed by atoms with Gasteiger partial charge in [-0.25, -0.2) is 0 Å². The van der Waals surface area contributed by atoms with Gasteiger partial charge >= 0.3 is 5.97 Å². The standard InChI is InChI=1S/C63H87Br2NO5/c1-3-5-7-9-11-13-15-17-19-20-22-24-26-28-30-32-36-50(35-31-29-27-25-23-21-18-16-14-12-10-8-6-4-2)63(70)71-47-48-39-41-49(42-40-48)51-45-54(64)60(55(65)46-51)66-56-43-44-57(67)59-58(56)61(68)52-37-33-34-38-53(52)62(59)69/h33-34,37-46,50,66-67H,3-32,35-36,47H2,1-2H3/p+1. The SMILES string of the molecule is CCCCCCCCCCCCCCCCCCC(CCCCCCCCCCCCCCCC)C(=O)OCc1ccc(-c2cc(Br)c([NH2+]c3ccc(O)c4c3C(=O)c3ccccc3C4=O)c(Br)c2)cc1. The highest BCUT2D eigenvalue weighted by molar-refractivity contribution is 9.11. The predicted molar refractivity (Wildman–Crippen MR) is 302 cm³/mol. The number of hydrogen-bond acceptors (Lipinski definition) is 5. The summed E-state index contributed by atoms with van der Waals surface area (Å²) in [6.07, 6.45) is 42.0. The van der Waals surface area contributed by atoms with E-state index in [9.17, 15) is 19.5 Å². The van der Waals surface area contributed by atoms with Gasteiger partial charge in [0, 0.05) is 17.2 Å². The predicted octanol–water partition coefficient (Wildman–Crippen LogP) is 19.1. The van der Waals surface area contributed by atoms with Crippen LogP contribution in [0.15, 0.2) is 81.7 Å². The Labute approximate surface area is 446 Å². The molecular formula is C63H88Br2NO5+. The number of aromatic hydroxyl groups is 1. The van der Waals surface area contributed by atoms with Crippen LogP contribution in [0.1, 0.15) is 257 Å². The lowest BCUT2D eigenvalue weighted by molar-refractivity contribution is -0.480. The number of halogens is 2. The maximum absolute atomic E-state index is 13.7. The second kappa shape index (κ2) is 34.0. The minimum Gasteiger partial charge on any atom is -0.507 e. The summed E-state index contributed by atoms with van der Waals surface area (Å²) < 4.78 is 7.65. The summed E-state index contributed by atoms with van der Waals surface area (Å²) in [6, 6.07) is 22.1. The number of phenolic OH excluding ortho intramolecular Hbond substituents is 1. The first-order chi connectivity index (χ1) is 34.7. The number of rotatable bonds is 38. The molecule has 0 amide bonds. The molecule has 0 bridgehead atoms. The topological polar surface area (TPSA) is 97.3 Å². The summed E-state index contributed by atoms with van der Waals surface area (Å²) in [7, 11) is 0. The zero-order chi connectivity index (χ0) is 50.5. The van der Waals surface area contributed by atoms with Crippen molar-refractivity contribution < 1.29 is 29.5 Å². The van der Waals surface area contributed by atoms with Gasteiger partial charge in [-0.05, 0) is 79.6 Å². The number of fused-ring (bicyclic) bond motifs is 2. The lowest BCUT2D eigenvalue weighted by atomic mass is 9.82. The van der Waals surface area contributed by atoms with E-state index in [4.69, 9.17) is 4.74 Å². The zero-order valence-electron chi connectivity index (χ0n) is 43.8. The molecule has 0 radical (unpaired) electrons. The molecule has 3 N–H and O–H groups in total. The van der Waals surface area contributed by atoms with Crippen LogP contribution in [0.3, 0.4) is 0 Å². The summed E-state index contributed by atoms with van der Waals surface area (Å²) in [5.74, 6) is -0.940.